The fourth-order valence-electron chi connectivity index (χ4n) is 2.59. The lowest BCUT2D eigenvalue weighted by Gasteiger charge is -2.27. The Morgan fingerprint density at radius 2 is 1.84 bits per heavy atom. The molecule has 0 aromatic rings. The van der Waals surface area contributed by atoms with E-state index in [2.05, 4.69) is 44.1 Å². The van der Waals surface area contributed by atoms with Gasteiger partial charge in [0.2, 0.25) is 0 Å². The molecule has 3 heteroatoms. The molecule has 1 N–H and O–H groups in total. The van der Waals surface area contributed by atoms with Gasteiger partial charge in [-0.25, -0.2) is 0 Å². The monoisotopic (exact) mass is 265 g/mol. The number of nitrogens with zero attached hydrogens (tertiary/aromatic N) is 2. The molecule has 0 heterocycles. The van der Waals surface area contributed by atoms with Gasteiger partial charge in [0.15, 0.2) is 0 Å². The Morgan fingerprint density at radius 1 is 1.21 bits per heavy atom. The van der Waals surface area contributed by atoms with Gasteiger partial charge in [-0.1, -0.05) is 20.8 Å². The molecule has 1 rings (SSSR count). The topological polar surface area (TPSA) is 39.1 Å². The van der Waals surface area contributed by atoms with Crippen molar-refractivity contribution in [2.75, 3.05) is 20.1 Å². The summed E-state index contributed by atoms with van der Waals surface area (Å²) in [6, 6.07) is 3.06. The summed E-state index contributed by atoms with van der Waals surface area (Å²) in [7, 11) is 2.19. The Bertz CT molecular complexity index is 309. The minimum Gasteiger partial charge on any atom is -0.306 e. The van der Waals surface area contributed by atoms with Gasteiger partial charge < -0.3 is 4.90 Å². The molecule has 0 aromatic heterocycles. The first-order valence-corrected chi connectivity index (χ1v) is 7.62. The van der Waals surface area contributed by atoms with Gasteiger partial charge in [-0.3, -0.25) is 5.32 Å². The van der Waals surface area contributed by atoms with E-state index in [0.29, 0.717) is 11.5 Å². The molecule has 1 saturated carbocycles. The second kappa shape index (κ2) is 6.72. The third-order valence-corrected chi connectivity index (χ3v) is 3.56. The van der Waals surface area contributed by atoms with E-state index in [1.807, 2.05) is 6.92 Å². The van der Waals surface area contributed by atoms with Crippen LogP contribution in [0.5, 0.6) is 0 Å². The number of rotatable bonds is 8. The normalized spacial score (nSPS) is 19.2. The number of hydrogen-bond acceptors (Lipinski definition) is 3. The van der Waals surface area contributed by atoms with Crippen molar-refractivity contribution in [3.05, 3.63) is 0 Å². The molecule has 1 atom stereocenters. The lowest BCUT2D eigenvalue weighted by atomic mass is 9.95. The average Bonchev–Trinajstić information content (AvgIpc) is 3.06. The van der Waals surface area contributed by atoms with Crippen LogP contribution in [0.25, 0.3) is 0 Å². The molecule has 3 nitrogen and oxygen atoms in total. The molecule has 0 aromatic carbocycles. The van der Waals surface area contributed by atoms with E-state index in [4.69, 9.17) is 0 Å². The van der Waals surface area contributed by atoms with E-state index in [-0.39, 0.29) is 5.54 Å². The second-order valence-corrected chi connectivity index (χ2v) is 7.62. The van der Waals surface area contributed by atoms with Crippen LogP contribution in [0.1, 0.15) is 59.8 Å². The van der Waals surface area contributed by atoms with Crippen molar-refractivity contribution < 1.29 is 0 Å². The van der Waals surface area contributed by atoms with Gasteiger partial charge in [-0.15, -0.1) is 0 Å². The zero-order valence-corrected chi connectivity index (χ0v) is 13.4. The molecular weight excluding hydrogens is 234 g/mol. The average molecular weight is 265 g/mol. The van der Waals surface area contributed by atoms with Gasteiger partial charge >= 0.3 is 0 Å². The smallest absolute Gasteiger partial charge is 0.104 e. The molecule has 0 aliphatic heterocycles. The summed E-state index contributed by atoms with van der Waals surface area (Å²) in [4.78, 5) is 2.40. The van der Waals surface area contributed by atoms with Crippen LogP contribution in [-0.2, 0) is 0 Å². The van der Waals surface area contributed by atoms with Crippen LogP contribution in [0.4, 0.5) is 0 Å². The van der Waals surface area contributed by atoms with Crippen molar-refractivity contribution in [2.45, 2.75) is 71.4 Å². The molecule has 0 bridgehead atoms. The van der Waals surface area contributed by atoms with Gasteiger partial charge in [0.25, 0.3) is 0 Å². The van der Waals surface area contributed by atoms with Crippen molar-refractivity contribution in [3.63, 3.8) is 0 Å². The highest BCUT2D eigenvalue weighted by Crippen LogP contribution is 2.24. The highest BCUT2D eigenvalue weighted by atomic mass is 15.1. The summed E-state index contributed by atoms with van der Waals surface area (Å²) in [5.74, 6) is 0. The Morgan fingerprint density at radius 3 is 2.32 bits per heavy atom. The Hall–Kier alpha value is -0.590. The maximum Gasteiger partial charge on any atom is 0.104 e. The predicted octanol–water partition coefficient (Wildman–Crippen LogP) is 3.17. The molecule has 0 saturated heterocycles. The van der Waals surface area contributed by atoms with Crippen molar-refractivity contribution in [3.8, 4) is 6.07 Å². The SMILES string of the molecule is CN(CCCCC(C)(C#N)NC1CC1)CC(C)(C)C. The Kier molecular flexibility index (Phi) is 5.82. The summed E-state index contributed by atoms with van der Waals surface area (Å²) in [5, 5.41) is 12.8. The third kappa shape index (κ3) is 7.54. The highest BCUT2D eigenvalue weighted by molar-refractivity contribution is 5.06. The number of nitrogens with one attached hydrogen (secondary N) is 1. The summed E-state index contributed by atoms with van der Waals surface area (Å²) in [6.45, 7) is 11.1. The molecule has 1 aliphatic rings. The van der Waals surface area contributed by atoms with E-state index >= 15 is 0 Å². The van der Waals surface area contributed by atoms with Crippen molar-refractivity contribution in [2.24, 2.45) is 5.41 Å². The van der Waals surface area contributed by atoms with Crippen molar-refractivity contribution >= 4 is 0 Å². The van der Waals surface area contributed by atoms with Gasteiger partial charge in [0, 0.05) is 12.6 Å². The summed E-state index contributed by atoms with van der Waals surface area (Å²) >= 11 is 0. The van der Waals surface area contributed by atoms with Gasteiger partial charge in [-0.2, -0.15) is 5.26 Å². The predicted molar refractivity (Wildman–Crippen MR) is 81.0 cm³/mol. The van der Waals surface area contributed by atoms with Crippen LogP contribution in [0.15, 0.2) is 0 Å². The minimum absolute atomic E-state index is 0.316. The van der Waals surface area contributed by atoms with E-state index in [1.165, 1.54) is 19.3 Å². The standard InChI is InChI=1S/C16H31N3/c1-15(2,3)13-19(5)11-7-6-10-16(4,12-17)18-14-8-9-14/h14,18H,6-11,13H2,1-5H3. The molecule has 1 aliphatic carbocycles. The third-order valence-electron chi connectivity index (χ3n) is 3.56. The largest absolute Gasteiger partial charge is 0.306 e. The molecule has 1 unspecified atom stereocenters. The lowest BCUT2D eigenvalue weighted by molar-refractivity contribution is 0.221. The second-order valence-electron chi connectivity index (χ2n) is 7.62. The fourth-order valence-corrected chi connectivity index (χ4v) is 2.59. The van der Waals surface area contributed by atoms with E-state index in [9.17, 15) is 5.26 Å². The molecule has 1 fully saturated rings. The summed E-state index contributed by atoms with van der Waals surface area (Å²) < 4.78 is 0. The van der Waals surface area contributed by atoms with E-state index in [1.54, 1.807) is 0 Å². The first kappa shape index (κ1) is 16.5. The lowest BCUT2D eigenvalue weighted by Crippen LogP contribution is -2.42. The van der Waals surface area contributed by atoms with E-state index in [0.717, 1.165) is 25.9 Å². The quantitative estimate of drug-likeness (QED) is 0.685. The summed E-state index contributed by atoms with van der Waals surface area (Å²) in [6.07, 6.45) is 5.75. The van der Waals surface area contributed by atoms with Crippen molar-refractivity contribution in [1.82, 2.24) is 10.2 Å². The molecule has 0 spiro atoms. The van der Waals surface area contributed by atoms with Crippen molar-refractivity contribution in [1.29, 1.82) is 5.26 Å². The zero-order valence-electron chi connectivity index (χ0n) is 13.4. The van der Waals surface area contributed by atoms with Crippen LogP contribution in [-0.4, -0.2) is 36.6 Å². The highest BCUT2D eigenvalue weighted by Gasteiger charge is 2.31. The molecular formula is C16H31N3. The maximum atomic E-state index is 9.30. The molecule has 110 valence electrons. The maximum absolute atomic E-state index is 9.30. The van der Waals surface area contributed by atoms with Crippen LogP contribution >= 0.6 is 0 Å². The first-order chi connectivity index (χ1) is 8.74. The van der Waals surface area contributed by atoms with Gasteiger partial charge in [-0.05, 0) is 58.0 Å². The summed E-state index contributed by atoms with van der Waals surface area (Å²) in [5.41, 5.74) is 0.0488. The number of unbranched alkanes of at least 4 members (excludes halogenated alkanes) is 1. The molecule has 0 amide bonds. The van der Waals surface area contributed by atoms with Crippen LogP contribution in [0, 0.1) is 16.7 Å². The number of nitriles is 1. The molecule has 0 radical (unpaired) electrons. The Labute approximate surface area is 119 Å². The number of hydrogen-bond donors (Lipinski definition) is 1. The zero-order chi connectivity index (χ0) is 14.5. The Balaban J connectivity index is 2.16. The fraction of sp³-hybridized carbons (Fsp3) is 0.938. The van der Waals surface area contributed by atoms with Gasteiger partial charge in [0.05, 0.1) is 6.07 Å². The molecule has 19 heavy (non-hydrogen) atoms. The van der Waals surface area contributed by atoms with Crippen LogP contribution in [0.2, 0.25) is 0 Å². The first-order valence-electron chi connectivity index (χ1n) is 7.62. The van der Waals surface area contributed by atoms with Crippen LogP contribution in [0.3, 0.4) is 0 Å². The van der Waals surface area contributed by atoms with Gasteiger partial charge in [0.1, 0.15) is 5.54 Å². The van der Waals surface area contributed by atoms with E-state index < -0.39 is 0 Å². The minimum atomic E-state index is -0.316. The van der Waals surface area contributed by atoms with Crippen LogP contribution < -0.4 is 5.32 Å².